The zero-order chi connectivity index (χ0) is 15.2. The second kappa shape index (κ2) is 7.60. The highest BCUT2D eigenvalue weighted by molar-refractivity contribution is 5.76. The molecular formula is C18H28N2O. The molecule has 3 unspecified atom stereocenters. The van der Waals surface area contributed by atoms with Crippen molar-refractivity contribution < 1.29 is 4.79 Å². The van der Waals surface area contributed by atoms with Gasteiger partial charge in [-0.1, -0.05) is 44.0 Å². The van der Waals surface area contributed by atoms with Gasteiger partial charge in [-0.05, 0) is 43.2 Å². The van der Waals surface area contributed by atoms with Crippen LogP contribution >= 0.6 is 0 Å². The van der Waals surface area contributed by atoms with E-state index in [4.69, 9.17) is 5.73 Å². The molecule has 116 valence electrons. The van der Waals surface area contributed by atoms with Crippen molar-refractivity contribution in [3.63, 3.8) is 0 Å². The molecule has 0 saturated heterocycles. The fraction of sp³-hybridized carbons (Fsp3) is 0.611. The maximum Gasteiger partial charge on any atom is 0.220 e. The van der Waals surface area contributed by atoms with Gasteiger partial charge in [-0.3, -0.25) is 4.79 Å². The average Bonchev–Trinajstić information content (AvgIpc) is 2.49. The third-order valence-corrected chi connectivity index (χ3v) is 4.68. The lowest BCUT2D eigenvalue weighted by atomic mass is 9.83. The summed E-state index contributed by atoms with van der Waals surface area (Å²) in [5.41, 5.74) is 8.61. The standard InChI is InChI=1S/C18H28N2O/c1-3-14-8-10-15(11-9-14)13(2)20-18(21)12-16-6-4-5-7-17(16)19/h8-11,13,16-17H,3-7,12,19H2,1-2H3,(H,20,21). The van der Waals surface area contributed by atoms with Crippen molar-refractivity contribution in [1.82, 2.24) is 5.32 Å². The molecule has 3 nitrogen and oxygen atoms in total. The number of benzene rings is 1. The summed E-state index contributed by atoms with van der Waals surface area (Å²) < 4.78 is 0. The summed E-state index contributed by atoms with van der Waals surface area (Å²) in [5.74, 6) is 0.484. The second-order valence-corrected chi connectivity index (χ2v) is 6.30. The first-order valence-electron chi connectivity index (χ1n) is 8.24. The van der Waals surface area contributed by atoms with E-state index in [1.165, 1.54) is 18.4 Å². The average molecular weight is 288 g/mol. The van der Waals surface area contributed by atoms with E-state index in [0.29, 0.717) is 12.3 Å². The van der Waals surface area contributed by atoms with Crippen LogP contribution in [0.25, 0.3) is 0 Å². The van der Waals surface area contributed by atoms with Crippen LogP contribution < -0.4 is 11.1 Å². The number of carbonyl (C=O) groups is 1. The second-order valence-electron chi connectivity index (χ2n) is 6.30. The van der Waals surface area contributed by atoms with Crippen molar-refractivity contribution in [1.29, 1.82) is 0 Å². The van der Waals surface area contributed by atoms with Crippen LogP contribution in [0.2, 0.25) is 0 Å². The number of carbonyl (C=O) groups excluding carboxylic acids is 1. The normalized spacial score (nSPS) is 23.6. The minimum atomic E-state index is 0.0585. The summed E-state index contributed by atoms with van der Waals surface area (Å²) in [6, 6.07) is 8.74. The summed E-state index contributed by atoms with van der Waals surface area (Å²) in [4.78, 5) is 12.2. The Kier molecular flexibility index (Phi) is 5.80. The molecule has 3 heteroatoms. The smallest absolute Gasteiger partial charge is 0.220 e. The number of amides is 1. The highest BCUT2D eigenvalue weighted by atomic mass is 16.1. The predicted molar refractivity (Wildman–Crippen MR) is 86.9 cm³/mol. The van der Waals surface area contributed by atoms with Crippen LogP contribution in [-0.4, -0.2) is 11.9 Å². The predicted octanol–water partition coefficient (Wildman–Crippen LogP) is 3.33. The zero-order valence-electron chi connectivity index (χ0n) is 13.3. The van der Waals surface area contributed by atoms with Crippen LogP contribution in [0.1, 0.15) is 63.1 Å². The summed E-state index contributed by atoms with van der Waals surface area (Å²) in [6.07, 6.45) is 6.18. The molecule has 1 aromatic carbocycles. The van der Waals surface area contributed by atoms with E-state index in [9.17, 15) is 4.79 Å². The van der Waals surface area contributed by atoms with Gasteiger partial charge in [-0.2, -0.15) is 0 Å². The largest absolute Gasteiger partial charge is 0.350 e. The molecule has 1 aliphatic rings. The molecule has 1 aliphatic carbocycles. The lowest BCUT2D eigenvalue weighted by molar-refractivity contribution is -0.123. The topological polar surface area (TPSA) is 55.1 Å². The number of nitrogens with two attached hydrogens (primary N) is 1. The summed E-state index contributed by atoms with van der Waals surface area (Å²) in [7, 11) is 0. The van der Waals surface area contributed by atoms with E-state index in [-0.39, 0.29) is 18.0 Å². The maximum atomic E-state index is 12.2. The van der Waals surface area contributed by atoms with E-state index in [1.54, 1.807) is 0 Å². The lowest BCUT2D eigenvalue weighted by Gasteiger charge is -2.28. The monoisotopic (exact) mass is 288 g/mol. The molecule has 1 fully saturated rings. The molecule has 0 radical (unpaired) electrons. The first kappa shape index (κ1) is 16.0. The molecule has 21 heavy (non-hydrogen) atoms. The maximum absolute atomic E-state index is 12.2. The molecule has 1 saturated carbocycles. The van der Waals surface area contributed by atoms with Gasteiger partial charge >= 0.3 is 0 Å². The van der Waals surface area contributed by atoms with E-state index < -0.39 is 0 Å². The Labute approximate surface area is 128 Å². The minimum Gasteiger partial charge on any atom is -0.350 e. The molecule has 0 heterocycles. The number of aryl methyl sites for hydroxylation is 1. The zero-order valence-corrected chi connectivity index (χ0v) is 13.3. The van der Waals surface area contributed by atoms with Crippen LogP contribution in [0.4, 0.5) is 0 Å². The van der Waals surface area contributed by atoms with Gasteiger partial charge in [0.1, 0.15) is 0 Å². The molecule has 0 bridgehead atoms. The van der Waals surface area contributed by atoms with Crippen LogP contribution in [0, 0.1) is 5.92 Å². The van der Waals surface area contributed by atoms with Gasteiger partial charge in [0, 0.05) is 12.5 Å². The molecule has 2 rings (SSSR count). The highest BCUT2D eigenvalue weighted by Gasteiger charge is 2.24. The van der Waals surface area contributed by atoms with E-state index in [0.717, 1.165) is 24.8 Å². The Balaban J connectivity index is 1.86. The minimum absolute atomic E-state index is 0.0585. The number of rotatable bonds is 5. The summed E-state index contributed by atoms with van der Waals surface area (Å²) >= 11 is 0. The van der Waals surface area contributed by atoms with Crippen LogP contribution in [0.15, 0.2) is 24.3 Å². The molecule has 0 aromatic heterocycles. The summed E-state index contributed by atoms with van der Waals surface area (Å²) in [5, 5.41) is 3.11. The molecular weight excluding hydrogens is 260 g/mol. The number of nitrogens with one attached hydrogen (secondary N) is 1. The Morgan fingerprint density at radius 3 is 2.57 bits per heavy atom. The highest BCUT2D eigenvalue weighted by Crippen LogP contribution is 2.26. The van der Waals surface area contributed by atoms with Crippen molar-refractivity contribution in [2.75, 3.05) is 0 Å². The molecule has 0 spiro atoms. The third kappa shape index (κ3) is 4.57. The Hall–Kier alpha value is -1.35. The van der Waals surface area contributed by atoms with E-state index in [2.05, 4.69) is 36.5 Å². The van der Waals surface area contributed by atoms with Crippen molar-refractivity contribution in [3.8, 4) is 0 Å². The van der Waals surface area contributed by atoms with Crippen molar-refractivity contribution in [2.45, 2.75) is 64.5 Å². The number of hydrogen-bond acceptors (Lipinski definition) is 2. The van der Waals surface area contributed by atoms with Gasteiger partial charge in [0.2, 0.25) is 5.91 Å². The van der Waals surface area contributed by atoms with E-state index >= 15 is 0 Å². The molecule has 3 N–H and O–H groups in total. The first-order valence-corrected chi connectivity index (χ1v) is 8.24. The van der Waals surface area contributed by atoms with Crippen LogP contribution in [-0.2, 0) is 11.2 Å². The van der Waals surface area contributed by atoms with Gasteiger partial charge in [0.05, 0.1) is 6.04 Å². The third-order valence-electron chi connectivity index (χ3n) is 4.68. The van der Waals surface area contributed by atoms with Gasteiger partial charge < -0.3 is 11.1 Å². The van der Waals surface area contributed by atoms with Gasteiger partial charge in [0.25, 0.3) is 0 Å². The molecule has 3 atom stereocenters. The van der Waals surface area contributed by atoms with E-state index in [1.807, 2.05) is 6.92 Å². The van der Waals surface area contributed by atoms with Crippen molar-refractivity contribution in [3.05, 3.63) is 35.4 Å². The fourth-order valence-corrected chi connectivity index (χ4v) is 3.15. The summed E-state index contributed by atoms with van der Waals surface area (Å²) in [6.45, 7) is 4.19. The van der Waals surface area contributed by atoms with Crippen LogP contribution in [0.3, 0.4) is 0 Å². The molecule has 1 aromatic rings. The van der Waals surface area contributed by atoms with Gasteiger partial charge in [-0.15, -0.1) is 0 Å². The van der Waals surface area contributed by atoms with Gasteiger partial charge in [-0.25, -0.2) is 0 Å². The Morgan fingerprint density at radius 2 is 1.95 bits per heavy atom. The molecule has 0 aliphatic heterocycles. The Bertz CT molecular complexity index is 455. The van der Waals surface area contributed by atoms with Crippen molar-refractivity contribution >= 4 is 5.91 Å². The Morgan fingerprint density at radius 1 is 1.29 bits per heavy atom. The first-order chi connectivity index (χ1) is 10.1. The quantitative estimate of drug-likeness (QED) is 0.873. The molecule has 1 amide bonds. The fourth-order valence-electron chi connectivity index (χ4n) is 3.15. The SMILES string of the molecule is CCc1ccc(C(C)NC(=O)CC2CCCCC2N)cc1. The van der Waals surface area contributed by atoms with Gasteiger partial charge in [0.15, 0.2) is 0 Å². The number of hydrogen-bond donors (Lipinski definition) is 2. The van der Waals surface area contributed by atoms with Crippen LogP contribution in [0.5, 0.6) is 0 Å². The van der Waals surface area contributed by atoms with Crippen molar-refractivity contribution in [2.24, 2.45) is 11.7 Å². The lowest BCUT2D eigenvalue weighted by Crippen LogP contribution is -2.37.